The minimum Gasteiger partial charge on any atom is -0.493 e. The van der Waals surface area contributed by atoms with E-state index in [4.69, 9.17) is 18.6 Å². The first kappa shape index (κ1) is 21.0. The molecule has 4 rings (SSSR count). The molecule has 0 aliphatic rings. The van der Waals surface area contributed by atoms with Crippen LogP contribution in [0.3, 0.4) is 0 Å². The second kappa shape index (κ2) is 8.85. The third-order valence-corrected chi connectivity index (χ3v) is 4.99. The summed E-state index contributed by atoms with van der Waals surface area (Å²) in [4.78, 5) is 25.4. The lowest BCUT2D eigenvalue weighted by atomic mass is 10.1. The maximum atomic E-state index is 13.0. The number of anilines is 1. The van der Waals surface area contributed by atoms with Gasteiger partial charge in [0.2, 0.25) is 5.75 Å². The topological polar surface area (TPSA) is 87.0 Å². The van der Waals surface area contributed by atoms with Crippen LogP contribution in [0, 0.1) is 0 Å². The fourth-order valence-corrected chi connectivity index (χ4v) is 3.47. The molecule has 0 atom stereocenters. The lowest BCUT2D eigenvalue weighted by Crippen LogP contribution is -2.14. The monoisotopic (exact) mass is 431 g/mol. The molecule has 1 amide bonds. The van der Waals surface area contributed by atoms with Crippen LogP contribution in [-0.4, -0.2) is 27.2 Å². The van der Waals surface area contributed by atoms with Gasteiger partial charge >= 0.3 is 0 Å². The van der Waals surface area contributed by atoms with Gasteiger partial charge in [0.05, 0.1) is 32.3 Å². The van der Waals surface area contributed by atoms with Crippen molar-refractivity contribution in [2.45, 2.75) is 0 Å². The van der Waals surface area contributed by atoms with E-state index in [1.165, 1.54) is 27.4 Å². The van der Waals surface area contributed by atoms with Crippen LogP contribution in [0.25, 0.3) is 22.3 Å². The maximum Gasteiger partial charge on any atom is 0.259 e. The highest BCUT2D eigenvalue weighted by Gasteiger charge is 2.21. The van der Waals surface area contributed by atoms with Crippen LogP contribution in [0.2, 0.25) is 0 Å². The smallest absolute Gasteiger partial charge is 0.259 e. The van der Waals surface area contributed by atoms with Crippen molar-refractivity contribution in [3.63, 3.8) is 0 Å². The molecule has 0 aliphatic carbocycles. The fraction of sp³-hybridized carbons (Fsp3) is 0.120. The van der Waals surface area contributed by atoms with Crippen molar-refractivity contribution in [2.75, 3.05) is 26.6 Å². The molecule has 7 nitrogen and oxygen atoms in total. The van der Waals surface area contributed by atoms with Gasteiger partial charge < -0.3 is 23.9 Å². The number of rotatable bonds is 6. The summed E-state index contributed by atoms with van der Waals surface area (Å²) in [5, 5.41) is 3.36. The van der Waals surface area contributed by atoms with Crippen LogP contribution < -0.4 is 25.0 Å². The molecule has 3 aromatic carbocycles. The number of hydrogen-bond acceptors (Lipinski definition) is 6. The van der Waals surface area contributed by atoms with E-state index in [1.54, 1.807) is 54.6 Å². The molecule has 4 aromatic rings. The standard InChI is InChI=1S/C25H21NO6/c1-29-21-12-11-18(23(30-2)24(21)31-3)25(28)26-16-8-6-7-15(13-16)22-14-19(27)17-9-4-5-10-20(17)32-22/h4-14H,1-3H3,(H,26,28). The second-order valence-corrected chi connectivity index (χ2v) is 6.89. The van der Waals surface area contributed by atoms with Crippen LogP contribution in [0.5, 0.6) is 17.2 Å². The Bertz CT molecular complexity index is 1360. The van der Waals surface area contributed by atoms with Crippen molar-refractivity contribution in [3.8, 4) is 28.6 Å². The van der Waals surface area contributed by atoms with Gasteiger partial charge in [0.25, 0.3) is 5.91 Å². The molecule has 1 N–H and O–H groups in total. The summed E-state index contributed by atoms with van der Waals surface area (Å²) < 4.78 is 21.9. The van der Waals surface area contributed by atoms with E-state index < -0.39 is 0 Å². The first-order valence-corrected chi connectivity index (χ1v) is 9.79. The Morgan fingerprint density at radius 2 is 1.62 bits per heavy atom. The lowest BCUT2D eigenvalue weighted by Gasteiger charge is -2.15. The van der Waals surface area contributed by atoms with Crippen molar-refractivity contribution >= 4 is 22.6 Å². The number of amides is 1. The number of carbonyl (C=O) groups is 1. The Hall–Kier alpha value is -4.26. The summed E-state index contributed by atoms with van der Waals surface area (Å²) in [7, 11) is 4.44. The average Bonchev–Trinajstić information content (AvgIpc) is 2.83. The molecular formula is C25H21NO6. The van der Waals surface area contributed by atoms with Crippen molar-refractivity contribution in [3.05, 3.63) is 82.5 Å². The number of fused-ring (bicyclic) bond motifs is 1. The zero-order valence-electron chi connectivity index (χ0n) is 17.8. The summed E-state index contributed by atoms with van der Waals surface area (Å²) >= 11 is 0. The van der Waals surface area contributed by atoms with E-state index in [1.807, 2.05) is 6.07 Å². The van der Waals surface area contributed by atoms with Gasteiger partial charge in [-0.3, -0.25) is 9.59 Å². The Morgan fingerprint density at radius 3 is 2.38 bits per heavy atom. The Kier molecular flexibility index (Phi) is 5.81. The molecule has 1 aromatic heterocycles. The highest BCUT2D eigenvalue weighted by Crippen LogP contribution is 2.40. The molecule has 7 heteroatoms. The summed E-state index contributed by atoms with van der Waals surface area (Å²) in [6.45, 7) is 0. The van der Waals surface area contributed by atoms with Gasteiger partial charge in [-0.2, -0.15) is 0 Å². The minimum absolute atomic E-state index is 0.133. The van der Waals surface area contributed by atoms with Crippen molar-refractivity contribution in [2.24, 2.45) is 0 Å². The molecule has 0 aliphatic heterocycles. The van der Waals surface area contributed by atoms with Gasteiger partial charge in [-0.1, -0.05) is 24.3 Å². The van der Waals surface area contributed by atoms with Gasteiger partial charge in [0.1, 0.15) is 11.3 Å². The maximum absolute atomic E-state index is 13.0. The molecule has 0 saturated heterocycles. The number of para-hydroxylation sites is 1. The zero-order valence-corrected chi connectivity index (χ0v) is 17.8. The molecule has 0 unspecified atom stereocenters. The average molecular weight is 431 g/mol. The van der Waals surface area contributed by atoms with E-state index in [0.717, 1.165) is 0 Å². The van der Waals surface area contributed by atoms with E-state index >= 15 is 0 Å². The van der Waals surface area contributed by atoms with E-state index in [-0.39, 0.29) is 22.6 Å². The van der Waals surface area contributed by atoms with Gasteiger partial charge in [0, 0.05) is 17.3 Å². The second-order valence-electron chi connectivity index (χ2n) is 6.89. The minimum atomic E-state index is -0.389. The van der Waals surface area contributed by atoms with Crippen LogP contribution in [0.1, 0.15) is 10.4 Å². The third-order valence-electron chi connectivity index (χ3n) is 4.99. The Balaban J connectivity index is 1.67. The number of hydrogen-bond donors (Lipinski definition) is 1. The molecule has 0 radical (unpaired) electrons. The van der Waals surface area contributed by atoms with Gasteiger partial charge in [-0.15, -0.1) is 0 Å². The normalized spacial score (nSPS) is 10.6. The molecule has 1 heterocycles. The van der Waals surface area contributed by atoms with Crippen LogP contribution in [-0.2, 0) is 0 Å². The number of nitrogens with one attached hydrogen (secondary N) is 1. The van der Waals surface area contributed by atoms with Crippen molar-refractivity contribution in [1.29, 1.82) is 0 Å². The highest BCUT2D eigenvalue weighted by atomic mass is 16.5. The van der Waals surface area contributed by atoms with Gasteiger partial charge in [-0.25, -0.2) is 0 Å². The molecule has 0 bridgehead atoms. The van der Waals surface area contributed by atoms with Crippen LogP contribution in [0.15, 0.2) is 75.9 Å². The number of ether oxygens (including phenoxy) is 3. The molecule has 0 fully saturated rings. The van der Waals surface area contributed by atoms with Crippen molar-refractivity contribution in [1.82, 2.24) is 0 Å². The summed E-state index contributed by atoms with van der Waals surface area (Å²) in [6, 6.07) is 18.8. The first-order valence-electron chi connectivity index (χ1n) is 9.79. The predicted octanol–water partition coefficient (Wildman–Crippen LogP) is 4.74. The zero-order chi connectivity index (χ0) is 22.7. The third kappa shape index (κ3) is 3.88. The fourth-order valence-electron chi connectivity index (χ4n) is 3.47. The Labute approximate surface area is 184 Å². The van der Waals surface area contributed by atoms with Crippen LogP contribution >= 0.6 is 0 Å². The van der Waals surface area contributed by atoms with E-state index in [2.05, 4.69) is 5.32 Å². The first-order chi connectivity index (χ1) is 15.5. The van der Waals surface area contributed by atoms with Gasteiger partial charge in [-0.05, 0) is 36.4 Å². The van der Waals surface area contributed by atoms with E-state index in [0.29, 0.717) is 39.5 Å². The molecular weight excluding hydrogens is 410 g/mol. The quantitative estimate of drug-likeness (QED) is 0.475. The number of benzene rings is 3. The number of methoxy groups -OCH3 is 3. The SMILES string of the molecule is COc1ccc(C(=O)Nc2cccc(-c3cc(=O)c4ccccc4o3)c2)c(OC)c1OC. The van der Waals surface area contributed by atoms with Crippen LogP contribution in [0.4, 0.5) is 5.69 Å². The summed E-state index contributed by atoms with van der Waals surface area (Å²) in [6.07, 6.45) is 0. The Morgan fingerprint density at radius 1 is 0.844 bits per heavy atom. The molecule has 0 saturated carbocycles. The molecule has 32 heavy (non-hydrogen) atoms. The number of carbonyl (C=O) groups excluding carboxylic acids is 1. The van der Waals surface area contributed by atoms with E-state index in [9.17, 15) is 9.59 Å². The van der Waals surface area contributed by atoms with Gasteiger partial charge in [0.15, 0.2) is 16.9 Å². The predicted molar refractivity (Wildman–Crippen MR) is 122 cm³/mol. The molecule has 0 spiro atoms. The van der Waals surface area contributed by atoms with Crippen molar-refractivity contribution < 1.29 is 23.4 Å². The lowest BCUT2D eigenvalue weighted by molar-refractivity contribution is 0.102. The summed E-state index contributed by atoms with van der Waals surface area (Å²) in [5.74, 6) is 1.07. The summed E-state index contributed by atoms with van der Waals surface area (Å²) in [5.41, 5.74) is 1.84. The molecule has 162 valence electrons. The highest BCUT2D eigenvalue weighted by molar-refractivity contribution is 6.07. The largest absolute Gasteiger partial charge is 0.493 e.